The zero-order valence-electron chi connectivity index (χ0n) is 10.7. The van der Waals surface area contributed by atoms with Crippen molar-refractivity contribution < 1.29 is 14.6 Å². The Hall–Kier alpha value is -1.80. The van der Waals surface area contributed by atoms with E-state index in [9.17, 15) is 9.90 Å². The van der Waals surface area contributed by atoms with E-state index in [1.54, 1.807) is 6.08 Å². The molecule has 0 saturated heterocycles. The van der Waals surface area contributed by atoms with Crippen LogP contribution in [-0.2, 0) is 16.8 Å². The molecule has 0 unspecified atom stereocenters. The number of phenolic OH excluding ortho intramolecular Hbond substituents is 1. The number of methoxy groups -OCH3 is 1. The van der Waals surface area contributed by atoms with Gasteiger partial charge in [-0.25, -0.2) is 4.79 Å². The number of aromatic hydroxyl groups is 1. The van der Waals surface area contributed by atoms with Gasteiger partial charge in [0.1, 0.15) is 5.54 Å². The van der Waals surface area contributed by atoms with Crippen molar-refractivity contribution in [3.8, 4) is 11.5 Å². The van der Waals surface area contributed by atoms with Crippen molar-refractivity contribution in [1.82, 2.24) is 0 Å². The van der Waals surface area contributed by atoms with E-state index >= 15 is 0 Å². The highest BCUT2D eigenvalue weighted by Crippen LogP contribution is 2.50. The highest BCUT2D eigenvalue weighted by molar-refractivity contribution is 5.53. The van der Waals surface area contributed by atoms with Crippen molar-refractivity contribution in [2.45, 2.75) is 38.1 Å². The fourth-order valence-electron chi connectivity index (χ4n) is 2.42. The number of aliphatic imine (C=N–C) groups is 1. The predicted octanol–water partition coefficient (Wildman–Crippen LogP) is 2.68. The second-order valence-electron chi connectivity index (χ2n) is 4.64. The van der Waals surface area contributed by atoms with Gasteiger partial charge in [0.2, 0.25) is 6.08 Å². The zero-order chi connectivity index (χ0) is 13.2. The van der Waals surface area contributed by atoms with Crippen LogP contribution in [0.15, 0.2) is 17.1 Å². The Morgan fingerprint density at radius 2 is 2.22 bits per heavy atom. The molecule has 1 aliphatic carbocycles. The number of phenols is 1. The van der Waals surface area contributed by atoms with Crippen molar-refractivity contribution in [3.05, 3.63) is 23.3 Å². The van der Waals surface area contributed by atoms with Crippen LogP contribution < -0.4 is 4.74 Å². The van der Waals surface area contributed by atoms with Gasteiger partial charge in [-0.2, -0.15) is 4.99 Å². The number of nitrogens with zero attached hydrogens (tertiary/aromatic N) is 1. The maximum Gasteiger partial charge on any atom is 0.235 e. The molecule has 0 aliphatic heterocycles. The van der Waals surface area contributed by atoms with Crippen LogP contribution in [0.1, 0.15) is 37.3 Å². The van der Waals surface area contributed by atoms with Gasteiger partial charge in [0.15, 0.2) is 11.5 Å². The monoisotopic (exact) mass is 247 g/mol. The van der Waals surface area contributed by atoms with Crippen LogP contribution in [0.2, 0.25) is 0 Å². The molecule has 0 radical (unpaired) electrons. The summed E-state index contributed by atoms with van der Waals surface area (Å²) in [6.07, 6.45) is 5.02. The number of carbonyl (C=O) groups excluding carboxylic acids is 1. The minimum atomic E-state index is -0.593. The zero-order valence-corrected chi connectivity index (χ0v) is 10.7. The Bertz CT molecular complexity index is 500. The smallest absolute Gasteiger partial charge is 0.235 e. The molecule has 2 rings (SSSR count). The van der Waals surface area contributed by atoms with Gasteiger partial charge < -0.3 is 9.84 Å². The molecule has 96 valence electrons. The van der Waals surface area contributed by atoms with Gasteiger partial charge >= 0.3 is 0 Å². The average Bonchev–Trinajstić information content (AvgIpc) is 2.34. The largest absolute Gasteiger partial charge is 0.504 e. The number of hydrogen-bond donors (Lipinski definition) is 1. The third-order valence-electron chi connectivity index (χ3n) is 3.70. The van der Waals surface area contributed by atoms with Crippen LogP contribution in [0.5, 0.6) is 11.5 Å². The molecule has 0 atom stereocenters. The summed E-state index contributed by atoms with van der Waals surface area (Å²) in [7, 11) is 1.52. The summed E-state index contributed by atoms with van der Waals surface area (Å²) >= 11 is 0. The summed E-state index contributed by atoms with van der Waals surface area (Å²) in [5.41, 5.74) is 1.16. The Morgan fingerprint density at radius 3 is 2.67 bits per heavy atom. The molecule has 0 aromatic heterocycles. The van der Waals surface area contributed by atoms with Gasteiger partial charge in [-0.1, -0.05) is 6.92 Å². The molecule has 1 aliphatic rings. The molecular formula is C14H17NO3. The third-order valence-corrected chi connectivity index (χ3v) is 3.70. The van der Waals surface area contributed by atoms with Crippen LogP contribution in [0, 0.1) is 0 Å². The number of isocyanates is 1. The van der Waals surface area contributed by atoms with Gasteiger partial charge in [-0.05, 0) is 43.4 Å². The third kappa shape index (κ3) is 1.89. The standard InChI is InChI=1S/C14H17NO3/c1-3-10-7-11(13(17)12(8-10)18-2)14(15-9-16)5-4-6-14/h7-8,17H,3-6H2,1-2H3. The van der Waals surface area contributed by atoms with E-state index in [1.165, 1.54) is 7.11 Å². The Labute approximate surface area is 106 Å². The van der Waals surface area contributed by atoms with Crippen LogP contribution >= 0.6 is 0 Å². The summed E-state index contributed by atoms with van der Waals surface area (Å²) in [5, 5.41) is 10.2. The second kappa shape index (κ2) is 4.83. The van der Waals surface area contributed by atoms with E-state index in [0.29, 0.717) is 11.3 Å². The van der Waals surface area contributed by atoms with Gasteiger partial charge in [0.25, 0.3) is 0 Å². The van der Waals surface area contributed by atoms with E-state index in [2.05, 4.69) is 4.99 Å². The predicted molar refractivity (Wildman–Crippen MR) is 67.7 cm³/mol. The first-order valence-corrected chi connectivity index (χ1v) is 6.16. The number of hydrogen-bond acceptors (Lipinski definition) is 4. The van der Waals surface area contributed by atoms with Crippen molar-refractivity contribution in [1.29, 1.82) is 0 Å². The molecular weight excluding hydrogens is 230 g/mol. The van der Waals surface area contributed by atoms with Crippen molar-refractivity contribution >= 4 is 6.08 Å². The number of rotatable bonds is 4. The number of ether oxygens (including phenoxy) is 1. The molecule has 18 heavy (non-hydrogen) atoms. The van der Waals surface area contributed by atoms with Gasteiger partial charge in [-0.3, -0.25) is 0 Å². The lowest BCUT2D eigenvalue weighted by Crippen LogP contribution is -2.32. The molecule has 1 fully saturated rings. The fraction of sp³-hybridized carbons (Fsp3) is 0.500. The lowest BCUT2D eigenvalue weighted by atomic mass is 9.71. The first-order chi connectivity index (χ1) is 8.66. The van der Waals surface area contributed by atoms with Crippen molar-refractivity contribution in [3.63, 3.8) is 0 Å². The summed E-state index contributed by atoms with van der Waals surface area (Å²) in [6.45, 7) is 2.03. The van der Waals surface area contributed by atoms with Gasteiger partial charge in [0, 0.05) is 5.56 Å². The normalized spacial score (nSPS) is 16.6. The van der Waals surface area contributed by atoms with Crippen LogP contribution in [0.25, 0.3) is 0 Å². The molecule has 1 saturated carbocycles. The average molecular weight is 247 g/mol. The highest BCUT2D eigenvalue weighted by atomic mass is 16.5. The molecule has 4 heteroatoms. The molecule has 0 heterocycles. The molecule has 4 nitrogen and oxygen atoms in total. The molecule has 1 aromatic carbocycles. The van der Waals surface area contributed by atoms with E-state index in [4.69, 9.17) is 4.74 Å². The molecule has 0 spiro atoms. The summed E-state index contributed by atoms with van der Waals surface area (Å²) < 4.78 is 5.18. The molecule has 0 amide bonds. The molecule has 0 bridgehead atoms. The SMILES string of the molecule is CCc1cc(OC)c(O)c(C2(N=C=O)CCC2)c1. The van der Waals surface area contributed by atoms with E-state index < -0.39 is 5.54 Å². The summed E-state index contributed by atoms with van der Waals surface area (Å²) in [6, 6.07) is 3.73. The molecule has 1 aromatic rings. The highest BCUT2D eigenvalue weighted by Gasteiger charge is 2.41. The maximum atomic E-state index is 10.6. The summed E-state index contributed by atoms with van der Waals surface area (Å²) in [4.78, 5) is 14.5. The second-order valence-corrected chi connectivity index (χ2v) is 4.64. The first-order valence-electron chi connectivity index (χ1n) is 6.16. The Morgan fingerprint density at radius 1 is 1.50 bits per heavy atom. The molecule has 1 N–H and O–H groups in total. The van der Waals surface area contributed by atoms with Crippen LogP contribution in [0.4, 0.5) is 0 Å². The fourth-order valence-corrected chi connectivity index (χ4v) is 2.42. The van der Waals surface area contributed by atoms with Crippen LogP contribution in [-0.4, -0.2) is 18.3 Å². The topological polar surface area (TPSA) is 58.9 Å². The van der Waals surface area contributed by atoms with Crippen molar-refractivity contribution in [2.75, 3.05) is 7.11 Å². The first kappa shape index (κ1) is 12.7. The van der Waals surface area contributed by atoms with Gasteiger partial charge in [0.05, 0.1) is 7.11 Å². The minimum absolute atomic E-state index is 0.0911. The van der Waals surface area contributed by atoms with Crippen molar-refractivity contribution in [2.24, 2.45) is 4.99 Å². The van der Waals surface area contributed by atoms with E-state index in [1.807, 2.05) is 19.1 Å². The lowest BCUT2D eigenvalue weighted by Gasteiger charge is -2.37. The number of benzene rings is 1. The van der Waals surface area contributed by atoms with Gasteiger partial charge in [-0.15, -0.1) is 0 Å². The van der Waals surface area contributed by atoms with E-state index in [0.717, 1.165) is 31.2 Å². The lowest BCUT2D eigenvalue weighted by molar-refractivity contribution is 0.244. The van der Waals surface area contributed by atoms with E-state index in [-0.39, 0.29) is 5.75 Å². The quantitative estimate of drug-likeness (QED) is 0.657. The Balaban J connectivity index is 2.58. The minimum Gasteiger partial charge on any atom is -0.504 e. The maximum absolute atomic E-state index is 10.6. The van der Waals surface area contributed by atoms with Crippen LogP contribution in [0.3, 0.4) is 0 Å². The Kier molecular flexibility index (Phi) is 3.39. The number of aryl methyl sites for hydroxylation is 1. The summed E-state index contributed by atoms with van der Waals surface area (Å²) in [5.74, 6) is 0.533.